The first-order chi connectivity index (χ1) is 16.4. The molecule has 2 heterocycles. The lowest BCUT2D eigenvalue weighted by Gasteiger charge is -2.23. The molecule has 0 saturated heterocycles. The lowest BCUT2D eigenvalue weighted by atomic mass is 10.1. The van der Waals surface area contributed by atoms with Crippen LogP contribution in [0.4, 0.5) is 17.6 Å². The van der Waals surface area contributed by atoms with Crippen LogP contribution >= 0.6 is 34.8 Å². The number of hydrogen-bond acceptors (Lipinski definition) is 4. The van der Waals surface area contributed by atoms with Crippen molar-refractivity contribution in [2.45, 2.75) is 25.7 Å². The molecule has 0 bridgehead atoms. The normalized spacial score (nSPS) is 12.3. The average Bonchev–Trinajstić information content (AvgIpc) is 3.11. The van der Waals surface area contributed by atoms with Crippen LogP contribution in [-0.2, 0) is 11.3 Å². The lowest BCUT2D eigenvalue weighted by molar-refractivity contribution is -0.155. The molecular formula is C22H14Cl3F4N3O3. The van der Waals surface area contributed by atoms with Crippen molar-refractivity contribution in [2.75, 3.05) is 6.61 Å². The van der Waals surface area contributed by atoms with Gasteiger partial charge in [-0.1, -0.05) is 40.7 Å². The van der Waals surface area contributed by atoms with Gasteiger partial charge >= 0.3 is 12.1 Å². The van der Waals surface area contributed by atoms with Crippen molar-refractivity contribution >= 4 is 57.7 Å². The van der Waals surface area contributed by atoms with Gasteiger partial charge in [-0.25, -0.2) is 14.2 Å². The van der Waals surface area contributed by atoms with Crippen molar-refractivity contribution in [3.8, 4) is 12.3 Å². The van der Waals surface area contributed by atoms with Gasteiger partial charge in [0.2, 0.25) is 0 Å². The minimum Gasteiger partial charge on any atom is -0.462 e. The molecule has 0 saturated carbocycles. The third-order valence-electron chi connectivity index (χ3n) is 4.74. The fraction of sp³-hybridized carbons (Fsp3) is 0.227. The predicted octanol–water partition coefficient (Wildman–Crippen LogP) is 5.98. The number of nitrogens with zero attached hydrogens (tertiary/aromatic N) is 2. The molecule has 1 amide bonds. The van der Waals surface area contributed by atoms with Gasteiger partial charge in [-0.2, -0.15) is 13.2 Å². The number of aromatic nitrogens is 2. The minimum absolute atomic E-state index is 0.0579. The van der Waals surface area contributed by atoms with Crippen LogP contribution in [0.15, 0.2) is 24.3 Å². The fourth-order valence-corrected chi connectivity index (χ4v) is 3.97. The quantitative estimate of drug-likeness (QED) is 0.135. The highest BCUT2D eigenvalue weighted by molar-refractivity contribution is 6.35. The average molecular weight is 551 g/mol. The lowest BCUT2D eigenvalue weighted by Crippen LogP contribution is -2.39. The Kier molecular flexibility index (Phi) is 7.84. The highest BCUT2D eigenvalue weighted by Gasteiger charge is 2.43. The molecule has 0 radical (unpaired) electrons. The van der Waals surface area contributed by atoms with E-state index in [0.717, 1.165) is 4.57 Å². The monoisotopic (exact) mass is 549 g/mol. The molecule has 1 atom stereocenters. The Morgan fingerprint density at radius 3 is 2.37 bits per heavy atom. The van der Waals surface area contributed by atoms with Crippen LogP contribution in [0.1, 0.15) is 39.4 Å². The van der Waals surface area contributed by atoms with Crippen LogP contribution in [0.25, 0.3) is 11.0 Å². The molecule has 6 nitrogen and oxygen atoms in total. The van der Waals surface area contributed by atoms with Gasteiger partial charge in [0, 0.05) is 5.39 Å². The molecule has 3 rings (SSSR count). The number of ether oxygens (including phenoxy) is 1. The third-order valence-corrected chi connectivity index (χ3v) is 5.58. The predicted molar refractivity (Wildman–Crippen MR) is 122 cm³/mol. The Bertz CT molecular complexity index is 1340. The number of nitrogens with one attached hydrogen (secondary N) is 1. The Morgan fingerprint density at radius 1 is 1.20 bits per heavy atom. The molecule has 1 unspecified atom stereocenters. The van der Waals surface area contributed by atoms with E-state index in [0.29, 0.717) is 12.1 Å². The summed E-state index contributed by atoms with van der Waals surface area (Å²) in [4.78, 5) is 29.2. The summed E-state index contributed by atoms with van der Waals surface area (Å²) in [7, 11) is 0. The van der Waals surface area contributed by atoms with Gasteiger partial charge < -0.3 is 14.6 Å². The molecule has 1 N–H and O–H groups in total. The molecule has 0 aliphatic rings. The molecule has 13 heteroatoms. The molecule has 3 aromatic rings. The van der Waals surface area contributed by atoms with E-state index < -0.39 is 45.5 Å². The smallest absolute Gasteiger partial charge is 0.412 e. The summed E-state index contributed by atoms with van der Waals surface area (Å²) in [5, 5.41) is 0.505. The fourth-order valence-electron chi connectivity index (χ4n) is 3.25. The van der Waals surface area contributed by atoms with Gasteiger partial charge in [0.15, 0.2) is 11.9 Å². The van der Waals surface area contributed by atoms with Gasteiger partial charge in [-0.15, -0.1) is 6.42 Å². The van der Waals surface area contributed by atoms with E-state index in [1.165, 1.54) is 12.1 Å². The van der Waals surface area contributed by atoms with Gasteiger partial charge in [-0.05, 0) is 36.8 Å². The van der Waals surface area contributed by atoms with E-state index in [-0.39, 0.29) is 40.6 Å². The number of benzene rings is 1. The zero-order valence-corrected chi connectivity index (χ0v) is 19.9. The molecule has 35 heavy (non-hydrogen) atoms. The first kappa shape index (κ1) is 26.6. The number of alkyl halides is 3. The molecule has 0 spiro atoms. The van der Waals surface area contributed by atoms with E-state index in [9.17, 15) is 27.2 Å². The zero-order valence-electron chi connectivity index (χ0n) is 17.6. The number of amides is 1. The summed E-state index contributed by atoms with van der Waals surface area (Å²) >= 11 is 17.4. The first-order valence-corrected chi connectivity index (χ1v) is 10.8. The van der Waals surface area contributed by atoms with E-state index in [1.54, 1.807) is 6.92 Å². The standard InChI is InChI=1S/C22H14Cl3F4N3O3/c1-3-5-32-15(9-11-6-12(21(34)35-4-2)18(25)31-19(11)32)20(33)30-17(22(27,28)29)10-7-13(23)16(26)14(24)8-10/h1,6-9,17H,4-5H2,2H3,(H,30,33). The number of halogens is 7. The molecule has 1 aromatic carbocycles. The summed E-state index contributed by atoms with van der Waals surface area (Å²) in [6.07, 6.45) is 0.364. The van der Waals surface area contributed by atoms with Crippen molar-refractivity contribution in [2.24, 2.45) is 0 Å². The number of terminal acetylenes is 1. The maximum absolute atomic E-state index is 13.9. The van der Waals surface area contributed by atoms with Gasteiger partial charge in [0.1, 0.15) is 16.5 Å². The largest absolute Gasteiger partial charge is 0.462 e. The minimum atomic E-state index is -5.00. The number of hydrogen-bond donors (Lipinski definition) is 1. The maximum atomic E-state index is 13.9. The van der Waals surface area contributed by atoms with Crippen LogP contribution in [0.5, 0.6) is 0 Å². The second-order valence-electron chi connectivity index (χ2n) is 7.03. The molecule has 0 aliphatic carbocycles. The number of carbonyl (C=O) groups excluding carboxylic acids is 2. The summed E-state index contributed by atoms with van der Waals surface area (Å²) in [6.45, 7) is 1.40. The summed E-state index contributed by atoms with van der Waals surface area (Å²) in [5.74, 6) is -0.780. The summed E-state index contributed by atoms with van der Waals surface area (Å²) in [5.41, 5.74) is -0.930. The van der Waals surface area contributed by atoms with Crippen molar-refractivity contribution in [1.29, 1.82) is 0 Å². The van der Waals surface area contributed by atoms with Crippen molar-refractivity contribution in [3.63, 3.8) is 0 Å². The van der Waals surface area contributed by atoms with Gasteiger partial charge in [0.05, 0.1) is 28.8 Å². The second kappa shape index (κ2) is 10.3. The third kappa shape index (κ3) is 5.48. The van der Waals surface area contributed by atoms with Gasteiger partial charge in [0.25, 0.3) is 5.91 Å². The van der Waals surface area contributed by atoms with E-state index >= 15 is 0 Å². The van der Waals surface area contributed by atoms with Crippen LogP contribution < -0.4 is 5.32 Å². The number of carbonyl (C=O) groups is 2. The van der Waals surface area contributed by atoms with Crippen LogP contribution in [0.3, 0.4) is 0 Å². The van der Waals surface area contributed by atoms with Crippen LogP contribution in [-0.4, -0.2) is 34.2 Å². The van der Waals surface area contributed by atoms with Crippen molar-refractivity contribution in [3.05, 3.63) is 62.1 Å². The molecular weight excluding hydrogens is 537 g/mol. The van der Waals surface area contributed by atoms with Crippen molar-refractivity contribution in [1.82, 2.24) is 14.9 Å². The molecule has 0 aliphatic heterocycles. The number of pyridine rings is 1. The summed E-state index contributed by atoms with van der Waals surface area (Å²) < 4.78 is 61.3. The molecule has 184 valence electrons. The zero-order chi connectivity index (χ0) is 26.1. The van der Waals surface area contributed by atoms with Crippen LogP contribution in [0, 0.1) is 18.2 Å². The van der Waals surface area contributed by atoms with E-state index in [4.69, 9.17) is 46.0 Å². The SMILES string of the molecule is C#CCn1c(C(=O)NC(c2cc(Cl)c(F)c(Cl)c2)C(F)(F)F)cc2cc(C(=O)OCC)c(Cl)nc21. The topological polar surface area (TPSA) is 73.2 Å². The Labute approximate surface area is 211 Å². The Morgan fingerprint density at radius 2 is 1.83 bits per heavy atom. The first-order valence-electron chi connectivity index (χ1n) is 9.71. The second-order valence-corrected chi connectivity index (χ2v) is 8.20. The van der Waals surface area contributed by atoms with E-state index in [1.807, 2.05) is 5.32 Å². The van der Waals surface area contributed by atoms with Crippen LogP contribution in [0.2, 0.25) is 15.2 Å². The van der Waals surface area contributed by atoms with Crippen molar-refractivity contribution < 1.29 is 31.9 Å². The number of fused-ring (bicyclic) bond motifs is 1. The Balaban J connectivity index is 2.09. The number of esters is 1. The van der Waals surface area contributed by atoms with Gasteiger partial charge in [-0.3, -0.25) is 4.79 Å². The Hall–Kier alpha value is -3.00. The molecule has 2 aromatic heterocycles. The molecule has 0 fully saturated rings. The summed E-state index contributed by atoms with van der Waals surface area (Å²) in [6, 6.07) is 1.32. The maximum Gasteiger partial charge on any atom is 0.412 e. The number of rotatable bonds is 6. The highest BCUT2D eigenvalue weighted by atomic mass is 35.5. The van der Waals surface area contributed by atoms with E-state index in [2.05, 4.69) is 10.9 Å². The highest BCUT2D eigenvalue weighted by Crippen LogP contribution is 2.37.